The van der Waals surface area contributed by atoms with Gasteiger partial charge >= 0.3 is 0 Å². The van der Waals surface area contributed by atoms with Crippen LogP contribution in [-0.2, 0) is 0 Å². The largest absolute Gasteiger partial charge is 0.114 e. The Morgan fingerprint density at radius 2 is 1.55 bits per heavy atom. The Balaban J connectivity index is 3.46. The van der Waals surface area contributed by atoms with Gasteiger partial charge in [0.2, 0.25) is 0 Å². The van der Waals surface area contributed by atoms with Gasteiger partial charge in [-0.05, 0) is 20.8 Å². The van der Waals surface area contributed by atoms with Crippen molar-refractivity contribution in [2.75, 3.05) is 0 Å². The van der Waals surface area contributed by atoms with Crippen molar-refractivity contribution >= 4 is 26.6 Å². The third-order valence-electron chi connectivity index (χ3n) is 2.20. The first-order valence-corrected chi connectivity index (χ1v) is 3.65. The molecule has 0 saturated carbocycles. The molecule has 4 radical (unpaired) electrons. The molecule has 0 nitrogen and oxygen atoms in total. The van der Waals surface area contributed by atoms with Crippen molar-refractivity contribution in [1.29, 1.82) is 0 Å². The highest BCUT2D eigenvalue weighted by atomic mass is 14.0. The molecule has 11 heavy (non-hydrogen) atoms. The van der Waals surface area contributed by atoms with Gasteiger partial charge in [0.15, 0.2) is 0 Å². The molecular weight excluding hydrogens is 130 g/mol. The Morgan fingerprint density at radius 3 is 2.09 bits per heavy atom. The van der Waals surface area contributed by atoms with E-state index in [-0.39, 0.29) is 0 Å². The maximum absolute atomic E-state index is 5.80. The molecule has 0 spiro atoms. The van der Waals surface area contributed by atoms with Gasteiger partial charge in [0.1, 0.15) is 15.7 Å². The molecule has 0 bridgehead atoms. The third-order valence-corrected chi connectivity index (χ3v) is 2.20. The van der Waals surface area contributed by atoms with Gasteiger partial charge in [0.05, 0.1) is 0 Å². The van der Waals surface area contributed by atoms with Crippen LogP contribution in [0.3, 0.4) is 0 Å². The predicted octanol–water partition coefficient (Wildman–Crippen LogP) is 0.199. The monoisotopic (exact) mass is 140 g/mol. The summed E-state index contributed by atoms with van der Waals surface area (Å²) in [5.41, 5.74) is 4.94. The molecule has 1 aromatic carbocycles. The Morgan fingerprint density at radius 1 is 1.00 bits per heavy atom. The van der Waals surface area contributed by atoms with Crippen molar-refractivity contribution in [3.05, 3.63) is 22.8 Å². The fraction of sp³-hybridized carbons (Fsp3) is 0.333. The number of rotatable bonds is 0. The lowest BCUT2D eigenvalue weighted by molar-refractivity contribution is 1.36. The van der Waals surface area contributed by atoms with Crippen LogP contribution < -0.4 is 10.9 Å². The Bertz CT molecular complexity index is 264. The smallest absolute Gasteiger partial charge is 0.0933 e. The van der Waals surface area contributed by atoms with E-state index in [1.54, 1.807) is 0 Å². The fourth-order valence-corrected chi connectivity index (χ4v) is 1.13. The topological polar surface area (TPSA) is 0 Å². The van der Waals surface area contributed by atoms with Gasteiger partial charge in [-0.3, -0.25) is 0 Å². The summed E-state index contributed by atoms with van der Waals surface area (Å²) < 4.78 is 0. The highest BCUT2D eigenvalue weighted by Crippen LogP contribution is 2.01. The molecule has 0 fully saturated rings. The number of hydrogen-bond donors (Lipinski definition) is 0. The zero-order valence-electron chi connectivity index (χ0n) is 7.23. The van der Waals surface area contributed by atoms with E-state index in [0.717, 1.165) is 27.6 Å². The maximum atomic E-state index is 5.80. The van der Waals surface area contributed by atoms with Crippen LogP contribution in [0, 0.1) is 20.8 Å². The molecule has 0 atom stereocenters. The van der Waals surface area contributed by atoms with E-state index < -0.39 is 0 Å². The van der Waals surface area contributed by atoms with E-state index in [1.807, 2.05) is 26.8 Å². The molecule has 52 valence electrons. The van der Waals surface area contributed by atoms with E-state index in [1.165, 1.54) is 0 Å². The summed E-state index contributed by atoms with van der Waals surface area (Å²) in [6, 6.07) is 1.91. The van der Waals surface area contributed by atoms with Crippen LogP contribution in [0.25, 0.3) is 0 Å². The molecule has 0 N–H and O–H groups in total. The summed E-state index contributed by atoms with van der Waals surface area (Å²) in [6.07, 6.45) is 0. The number of hydrogen-bond acceptors (Lipinski definition) is 0. The fourth-order valence-electron chi connectivity index (χ4n) is 1.13. The molecule has 0 aromatic heterocycles. The standard InChI is InChI=1S/C9H10B2/c1-5-4-8(10)6(2)7(3)9(5)11/h4H,1-3H3. The van der Waals surface area contributed by atoms with Crippen LogP contribution in [0.5, 0.6) is 0 Å². The van der Waals surface area contributed by atoms with Gasteiger partial charge in [-0.25, -0.2) is 0 Å². The quantitative estimate of drug-likeness (QED) is 0.451. The van der Waals surface area contributed by atoms with Crippen LogP contribution in [-0.4, -0.2) is 15.7 Å². The molecule has 0 aliphatic carbocycles. The summed E-state index contributed by atoms with van der Waals surface area (Å²) in [4.78, 5) is 0. The lowest BCUT2D eigenvalue weighted by Gasteiger charge is -2.11. The Kier molecular flexibility index (Phi) is 2.12. The van der Waals surface area contributed by atoms with E-state index in [0.29, 0.717) is 0 Å². The van der Waals surface area contributed by atoms with Crippen LogP contribution in [0.2, 0.25) is 0 Å². The van der Waals surface area contributed by atoms with Crippen molar-refractivity contribution in [3.63, 3.8) is 0 Å². The average Bonchev–Trinajstić information content (AvgIpc) is 1.97. The van der Waals surface area contributed by atoms with Gasteiger partial charge in [0.25, 0.3) is 0 Å². The Hall–Kier alpha value is -0.650. The molecule has 0 saturated heterocycles. The summed E-state index contributed by atoms with van der Waals surface area (Å²) in [6.45, 7) is 5.95. The van der Waals surface area contributed by atoms with Gasteiger partial charge in [-0.2, -0.15) is 0 Å². The minimum absolute atomic E-state index is 0.828. The molecular formula is C9H10B2. The lowest BCUT2D eigenvalue weighted by Crippen LogP contribution is -2.21. The zero-order chi connectivity index (χ0) is 8.59. The van der Waals surface area contributed by atoms with Crippen molar-refractivity contribution < 1.29 is 0 Å². The summed E-state index contributed by atoms with van der Waals surface area (Å²) in [7, 11) is 11.5. The second kappa shape index (κ2) is 2.77. The molecule has 0 aliphatic heterocycles. The number of aryl methyl sites for hydroxylation is 1. The summed E-state index contributed by atoms with van der Waals surface area (Å²) >= 11 is 0. The minimum Gasteiger partial charge on any atom is -0.0933 e. The third kappa shape index (κ3) is 1.35. The van der Waals surface area contributed by atoms with E-state index in [2.05, 4.69) is 0 Å². The van der Waals surface area contributed by atoms with Crippen molar-refractivity contribution in [1.82, 2.24) is 0 Å². The van der Waals surface area contributed by atoms with Gasteiger partial charge in [0, 0.05) is 0 Å². The molecule has 0 unspecified atom stereocenters. The van der Waals surface area contributed by atoms with Gasteiger partial charge < -0.3 is 0 Å². The zero-order valence-corrected chi connectivity index (χ0v) is 7.23. The molecule has 0 heterocycles. The lowest BCUT2D eigenvalue weighted by atomic mass is 9.78. The normalized spacial score (nSPS) is 10.1. The van der Waals surface area contributed by atoms with Crippen molar-refractivity contribution in [2.24, 2.45) is 0 Å². The average molecular weight is 140 g/mol. The van der Waals surface area contributed by atoms with E-state index in [4.69, 9.17) is 15.7 Å². The molecule has 2 heteroatoms. The molecule has 0 aliphatic rings. The Labute approximate surface area is 70.8 Å². The van der Waals surface area contributed by atoms with Gasteiger partial charge in [-0.1, -0.05) is 33.7 Å². The molecule has 1 aromatic rings. The van der Waals surface area contributed by atoms with Crippen molar-refractivity contribution in [2.45, 2.75) is 20.8 Å². The first kappa shape index (κ1) is 8.45. The number of benzene rings is 1. The maximum Gasteiger partial charge on any atom is 0.114 e. The molecule has 0 amide bonds. The van der Waals surface area contributed by atoms with Crippen LogP contribution in [0.1, 0.15) is 16.7 Å². The summed E-state index contributed by atoms with van der Waals surface area (Å²) in [5.74, 6) is 0. The van der Waals surface area contributed by atoms with Crippen LogP contribution in [0.15, 0.2) is 6.07 Å². The highest BCUT2D eigenvalue weighted by molar-refractivity contribution is 6.38. The predicted molar refractivity (Wildman–Crippen MR) is 51.4 cm³/mol. The second-order valence-electron chi connectivity index (χ2n) is 2.95. The minimum atomic E-state index is 0.828. The first-order chi connectivity index (χ1) is 5.04. The van der Waals surface area contributed by atoms with Crippen molar-refractivity contribution in [3.8, 4) is 0 Å². The SMILES string of the molecule is [B]c1cc(C)c([B])c(C)c1C. The van der Waals surface area contributed by atoms with E-state index in [9.17, 15) is 0 Å². The second-order valence-corrected chi connectivity index (χ2v) is 2.95. The van der Waals surface area contributed by atoms with E-state index >= 15 is 0 Å². The van der Waals surface area contributed by atoms with Gasteiger partial charge in [-0.15, -0.1) is 0 Å². The first-order valence-electron chi connectivity index (χ1n) is 3.65. The highest BCUT2D eigenvalue weighted by Gasteiger charge is 2.01. The van der Waals surface area contributed by atoms with Crippen LogP contribution >= 0.6 is 0 Å². The summed E-state index contributed by atoms with van der Waals surface area (Å²) in [5, 5.41) is 0. The molecule has 1 rings (SSSR count). The van der Waals surface area contributed by atoms with Crippen LogP contribution in [0.4, 0.5) is 0 Å².